The van der Waals surface area contributed by atoms with Crippen LogP contribution in [0.5, 0.6) is 5.75 Å². The van der Waals surface area contributed by atoms with Gasteiger partial charge in [-0.2, -0.15) is 0 Å². The monoisotopic (exact) mass is 250 g/mol. The van der Waals surface area contributed by atoms with Gasteiger partial charge in [-0.1, -0.05) is 25.1 Å². The highest BCUT2D eigenvalue weighted by Gasteiger charge is 2.03. The van der Waals surface area contributed by atoms with Crippen molar-refractivity contribution in [1.29, 1.82) is 0 Å². The molecule has 1 nitrogen and oxygen atoms in total. The first-order valence-electron chi connectivity index (χ1n) is 4.62. The van der Waals surface area contributed by atoms with E-state index in [1.807, 2.05) is 6.07 Å². The van der Waals surface area contributed by atoms with Gasteiger partial charge < -0.3 is 5.11 Å². The Morgan fingerprint density at radius 1 is 1.21 bits per heavy atom. The van der Waals surface area contributed by atoms with Gasteiger partial charge in [0.25, 0.3) is 0 Å². The van der Waals surface area contributed by atoms with E-state index in [9.17, 15) is 5.11 Å². The maximum atomic E-state index is 9.53. The molecule has 0 saturated carbocycles. The average molecular weight is 251 g/mol. The Labute approximate surface area is 91.5 Å². The molecule has 0 spiro atoms. The van der Waals surface area contributed by atoms with Crippen molar-refractivity contribution in [2.75, 3.05) is 0 Å². The summed E-state index contributed by atoms with van der Waals surface area (Å²) >= 11 is 3.39. The molecule has 2 aromatic rings. The number of phenolic OH excluding ortho intramolecular Hbond substituents is 1. The maximum absolute atomic E-state index is 9.53. The van der Waals surface area contributed by atoms with Crippen molar-refractivity contribution in [2.24, 2.45) is 0 Å². The van der Waals surface area contributed by atoms with Gasteiger partial charge in [0.2, 0.25) is 0 Å². The van der Waals surface area contributed by atoms with E-state index in [1.54, 1.807) is 6.07 Å². The lowest BCUT2D eigenvalue weighted by Crippen LogP contribution is -1.81. The van der Waals surface area contributed by atoms with Crippen LogP contribution in [-0.4, -0.2) is 5.11 Å². The molecule has 0 amide bonds. The summed E-state index contributed by atoms with van der Waals surface area (Å²) in [4.78, 5) is 0. The van der Waals surface area contributed by atoms with Gasteiger partial charge in [-0.15, -0.1) is 0 Å². The minimum atomic E-state index is 0.297. The molecule has 0 aliphatic carbocycles. The highest BCUT2D eigenvalue weighted by atomic mass is 79.9. The molecule has 2 aromatic carbocycles. The molecule has 0 fully saturated rings. The van der Waals surface area contributed by atoms with Crippen LogP contribution >= 0.6 is 15.9 Å². The van der Waals surface area contributed by atoms with Gasteiger partial charge in [-0.3, -0.25) is 0 Å². The van der Waals surface area contributed by atoms with Crippen molar-refractivity contribution < 1.29 is 5.11 Å². The Balaban J connectivity index is 2.78. The maximum Gasteiger partial charge on any atom is 0.130 e. The fraction of sp³-hybridized carbons (Fsp3) is 0.167. The molecule has 14 heavy (non-hydrogen) atoms. The van der Waals surface area contributed by atoms with Crippen molar-refractivity contribution in [3.63, 3.8) is 0 Å². The van der Waals surface area contributed by atoms with Crippen LogP contribution in [0.3, 0.4) is 0 Å². The molecule has 72 valence electrons. The number of hydrogen-bond donors (Lipinski definition) is 1. The molecule has 0 aromatic heterocycles. The van der Waals surface area contributed by atoms with Crippen LogP contribution in [0.15, 0.2) is 34.8 Å². The number of hydrogen-bond acceptors (Lipinski definition) is 1. The summed E-state index contributed by atoms with van der Waals surface area (Å²) in [7, 11) is 0. The van der Waals surface area contributed by atoms with Gasteiger partial charge >= 0.3 is 0 Å². The summed E-state index contributed by atoms with van der Waals surface area (Å²) in [6.45, 7) is 2.12. The van der Waals surface area contributed by atoms with E-state index in [0.29, 0.717) is 5.75 Å². The molecular formula is C12H11BrO. The Kier molecular flexibility index (Phi) is 2.46. The van der Waals surface area contributed by atoms with E-state index >= 15 is 0 Å². The zero-order valence-electron chi connectivity index (χ0n) is 7.92. The zero-order chi connectivity index (χ0) is 10.1. The standard InChI is InChI=1S/C12H11BrO/c1-2-8-3-4-9-5-6-11(14)12(13)10(9)7-8/h3-7,14H,2H2,1H3. The van der Waals surface area contributed by atoms with Gasteiger partial charge in [0.1, 0.15) is 5.75 Å². The van der Waals surface area contributed by atoms with Crippen LogP contribution in [0.2, 0.25) is 0 Å². The highest BCUT2D eigenvalue weighted by molar-refractivity contribution is 9.10. The molecule has 0 heterocycles. The predicted octanol–water partition coefficient (Wildman–Crippen LogP) is 3.87. The lowest BCUT2D eigenvalue weighted by atomic mass is 10.1. The largest absolute Gasteiger partial charge is 0.507 e. The van der Waals surface area contributed by atoms with Crippen molar-refractivity contribution in [1.82, 2.24) is 0 Å². The minimum absolute atomic E-state index is 0.297. The van der Waals surface area contributed by atoms with Gasteiger partial charge in [-0.05, 0) is 50.8 Å². The molecule has 0 radical (unpaired) electrons. The molecule has 1 N–H and O–H groups in total. The first-order chi connectivity index (χ1) is 6.72. The van der Waals surface area contributed by atoms with Gasteiger partial charge in [0, 0.05) is 0 Å². The first kappa shape index (κ1) is 9.53. The second-order valence-electron chi connectivity index (χ2n) is 3.31. The summed E-state index contributed by atoms with van der Waals surface area (Å²) in [5.74, 6) is 0.297. The molecule has 0 atom stereocenters. The third kappa shape index (κ3) is 1.50. The van der Waals surface area contributed by atoms with Gasteiger partial charge in [0.15, 0.2) is 0 Å². The third-order valence-electron chi connectivity index (χ3n) is 2.41. The lowest BCUT2D eigenvalue weighted by molar-refractivity contribution is 0.473. The number of aryl methyl sites for hydroxylation is 1. The molecule has 2 rings (SSSR count). The normalized spacial score (nSPS) is 10.7. The zero-order valence-corrected chi connectivity index (χ0v) is 9.51. The topological polar surface area (TPSA) is 20.2 Å². The summed E-state index contributed by atoms with van der Waals surface area (Å²) in [5, 5.41) is 11.8. The first-order valence-corrected chi connectivity index (χ1v) is 5.41. The van der Waals surface area contributed by atoms with Crippen molar-refractivity contribution in [3.05, 3.63) is 40.4 Å². The third-order valence-corrected chi connectivity index (χ3v) is 3.24. The van der Waals surface area contributed by atoms with E-state index in [4.69, 9.17) is 0 Å². The Bertz CT molecular complexity index is 477. The lowest BCUT2D eigenvalue weighted by Gasteiger charge is -2.04. The highest BCUT2D eigenvalue weighted by Crippen LogP contribution is 2.32. The van der Waals surface area contributed by atoms with Crippen LogP contribution in [0, 0.1) is 0 Å². The number of rotatable bonds is 1. The van der Waals surface area contributed by atoms with Crippen LogP contribution in [0.1, 0.15) is 12.5 Å². The van der Waals surface area contributed by atoms with Crippen molar-refractivity contribution in [3.8, 4) is 5.75 Å². The molecule has 2 heteroatoms. The molecular weight excluding hydrogens is 240 g/mol. The molecule has 0 unspecified atom stereocenters. The number of halogens is 1. The smallest absolute Gasteiger partial charge is 0.130 e. The number of benzene rings is 2. The van der Waals surface area contributed by atoms with Crippen molar-refractivity contribution in [2.45, 2.75) is 13.3 Å². The Morgan fingerprint density at radius 2 is 1.93 bits per heavy atom. The Morgan fingerprint density at radius 3 is 2.64 bits per heavy atom. The van der Waals surface area contributed by atoms with Crippen molar-refractivity contribution >= 4 is 26.7 Å². The van der Waals surface area contributed by atoms with Crippen LogP contribution < -0.4 is 0 Å². The molecule has 0 bridgehead atoms. The summed E-state index contributed by atoms with van der Waals surface area (Å²) in [6, 6.07) is 9.94. The SMILES string of the molecule is CCc1ccc2ccc(O)c(Br)c2c1. The van der Waals surface area contributed by atoms with Gasteiger partial charge in [0.05, 0.1) is 4.47 Å². The number of aromatic hydroxyl groups is 1. The second-order valence-corrected chi connectivity index (χ2v) is 4.10. The summed E-state index contributed by atoms with van der Waals surface area (Å²) in [5.41, 5.74) is 1.28. The number of phenols is 1. The summed E-state index contributed by atoms with van der Waals surface area (Å²) in [6.07, 6.45) is 1.01. The Hall–Kier alpha value is -1.02. The summed E-state index contributed by atoms with van der Waals surface area (Å²) < 4.78 is 0.783. The van der Waals surface area contributed by atoms with E-state index in [2.05, 4.69) is 41.1 Å². The van der Waals surface area contributed by atoms with Gasteiger partial charge in [-0.25, -0.2) is 0 Å². The van der Waals surface area contributed by atoms with E-state index in [-0.39, 0.29) is 0 Å². The van der Waals surface area contributed by atoms with Crippen LogP contribution in [-0.2, 0) is 6.42 Å². The molecule has 0 aliphatic heterocycles. The second kappa shape index (κ2) is 3.62. The van der Waals surface area contributed by atoms with E-state index < -0.39 is 0 Å². The minimum Gasteiger partial charge on any atom is -0.507 e. The van der Waals surface area contributed by atoms with Crippen LogP contribution in [0.25, 0.3) is 10.8 Å². The van der Waals surface area contributed by atoms with E-state index in [0.717, 1.165) is 21.7 Å². The molecule has 0 aliphatic rings. The predicted molar refractivity (Wildman–Crippen MR) is 62.7 cm³/mol. The quantitative estimate of drug-likeness (QED) is 0.815. The fourth-order valence-electron chi connectivity index (χ4n) is 1.54. The van der Waals surface area contributed by atoms with Crippen LogP contribution in [0.4, 0.5) is 0 Å². The van der Waals surface area contributed by atoms with E-state index in [1.165, 1.54) is 5.56 Å². The molecule has 0 saturated heterocycles. The average Bonchev–Trinajstić information content (AvgIpc) is 2.23. The fourth-order valence-corrected chi connectivity index (χ4v) is 2.01. The number of fused-ring (bicyclic) bond motifs is 1.